The van der Waals surface area contributed by atoms with Gasteiger partial charge in [0.2, 0.25) is 0 Å². The second-order valence-corrected chi connectivity index (χ2v) is 4.49. The molecule has 5 heteroatoms. The summed E-state index contributed by atoms with van der Waals surface area (Å²) in [6.07, 6.45) is 1.50. The Morgan fingerprint density at radius 1 is 1.50 bits per heavy atom. The van der Waals surface area contributed by atoms with Crippen LogP contribution in [0.3, 0.4) is 0 Å². The molecule has 0 atom stereocenters. The summed E-state index contributed by atoms with van der Waals surface area (Å²) >= 11 is 11.6. The fourth-order valence-electron chi connectivity index (χ4n) is 0.867. The molecule has 0 saturated carbocycles. The molecule has 0 spiro atoms. The van der Waals surface area contributed by atoms with Crippen LogP contribution in [-0.2, 0) is 0 Å². The summed E-state index contributed by atoms with van der Waals surface area (Å²) in [4.78, 5) is 4.02. The lowest BCUT2D eigenvalue weighted by atomic mass is 10.1. The van der Waals surface area contributed by atoms with Gasteiger partial charge in [0.25, 0.3) is 0 Å². The van der Waals surface area contributed by atoms with Crippen LogP contribution in [0, 0.1) is 0 Å². The van der Waals surface area contributed by atoms with E-state index in [0.717, 1.165) is 0 Å². The number of rotatable bonds is 3. The molecule has 14 heavy (non-hydrogen) atoms. The number of aromatic nitrogens is 1. The Kier molecular flexibility index (Phi) is 3.59. The van der Waals surface area contributed by atoms with Crippen molar-refractivity contribution in [2.24, 2.45) is 0 Å². The Balaban J connectivity index is 2.87. The first-order chi connectivity index (χ1) is 6.44. The van der Waals surface area contributed by atoms with Crippen molar-refractivity contribution in [2.45, 2.75) is 19.4 Å². The maximum Gasteiger partial charge on any atom is 0.145 e. The topological polar surface area (TPSA) is 45.1 Å². The molecule has 78 valence electrons. The summed E-state index contributed by atoms with van der Waals surface area (Å²) in [5.41, 5.74) is -0.454. The Hall–Kier alpha value is -0.510. The van der Waals surface area contributed by atoms with Gasteiger partial charge in [-0.1, -0.05) is 23.2 Å². The van der Waals surface area contributed by atoms with Crippen molar-refractivity contribution in [3.05, 3.63) is 22.3 Å². The third kappa shape index (κ3) is 3.01. The summed E-state index contributed by atoms with van der Waals surface area (Å²) in [5, 5.41) is 13.0. The molecule has 2 N–H and O–H groups in total. The molecule has 1 aromatic rings. The zero-order valence-electron chi connectivity index (χ0n) is 8.01. The van der Waals surface area contributed by atoms with Gasteiger partial charge in [-0.05, 0) is 19.9 Å². The molecule has 0 bridgehead atoms. The molecule has 0 aliphatic carbocycles. The van der Waals surface area contributed by atoms with Crippen LogP contribution < -0.4 is 5.32 Å². The molecule has 0 aliphatic heterocycles. The van der Waals surface area contributed by atoms with E-state index in [1.54, 1.807) is 6.07 Å². The summed E-state index contributed by atoms with van der Waals surface area (Å²) < 4.78 is 0. The fraction of sp³-hybridized carbons (Fsp3) is 0.444. The molecule has 0 aromatic carbocycles. The molecule has 3 nitrogen and oxygen atoms in total. The number of pyridine rings is 1. The first-order valence-corrected chi connectivity index (χ1v) is 4.90. The van der Waals surface area contributed by atoms with Gasteiger partial charge in [0.15, 0.2) is 0 Å². The minimum Gasteiger partial charge on any atom is -0.394 e. The summed E-state index contributed by atoms with van der Waals surface area (Å²) in [5.74, 6) is 0.523. The lowest BCUT2D eigenvalue weighted by Crippen LogP contribution is -2.35. The van der Waals surface area contributed by atoms with Crippen LogP contribution in [0.15, 0.2) is 12.3 Å². The third-order valence-corrected chi connectivity index (χ3v) is 2.15. The number of anilines is 1. The van der Waals surface area contributed by atoms with Crippen LogP contribution in [0.2, 0.25) is 10.0 Å². The van der Waals surface area contributed by atoms with Crippen LogP contribution in [0.5, 0.6) is 0 Å². The minimum absolute atomic E-state index is 0.00631. The van der Waals surface area contributed by atoms with Gasteiger partial charge in [0, 0.05) is 6.20 Å². The highest BCUT2D eigenvalue weighted by Gasteiger charge is 2.17. The van der Waals surface area contributed by atoms with Crippen molar-refractivity contribution in [3.63, 3.8) is 0 Å². The highest BCUT2D eigenvalue weighted by atomic mass is 35.5. The van der Waals surface area contributed by atoms with E-state index < -0.39 is 5.54 Å². The van der Waals surface area contributed by atoms with Gasteiger partial charge in [-0.15, -0.1) is 0 Å². The van der Waals surface area contributed by atoms with Crippen LogP contribution in [0.1, 0.15) is 13.8 Å². The average molecular weight is 235 g/mol. The molecule has 1 heterocycles. The van der Waals surface area contributed by atoms with Crippen LogP contribution in [0.25, 0.3) is 0 Å². The van der Waals surface area contributed by atoms with E-state index in [-0.39, 0.29) is 6.61 Å². The molecule has 0 radical (unpaired) electrons. The van der Waals surface area contributed by atoms with E-state index in [9.17, 15) is 0 Å². The molecule has 0 aliphatic rings. The van der Waals surface area contributed by atoms with Gasteiger partial charge in [-0.25, -0.2) is 4.98 Å². The maximum atomic E-state index is 9.04. The van der Waals surface area contributed by atoms with E-state index in [4.69, 9.17) is 28.3 Å². The zero-order chi connectivity index (χ0) is 10.8. The van der Waals surface area contributed by atoms with E-state index in [0.29, 0.717) is 15.9 Å². The predicted octanol–water partition coefficient (Wildman–Crippen LogP) is 2.57. The second-order valence-electron chi connectivity index (χ2n) is 3.65. The Bertz CT molecular complexity index is 329. The molecule has 0 saturated heterocycles. The van der Waals surface area contributed by atoms with Crippen molar-refractivity contribution >= 4 is 29.0 Å². The van der Waals surface area contributed by atoms with E-state index in [1.165, 1.54) is 6.20 Å². The number of halogens is 2. The van der Waals surface area contributed by atoms with Crippen LogP contribution in [-0.4, -0.2) is 22.2 Å². The largest absolute Gasteiger partial charge is 0.394 e. The monoisotopic (exact) mass is 234 g/mol. The zero-order valence-corrected chi connectivity index (χ0v) is 9.52. The number of aliphatic hydroxyl groups excluding tert-OH is 1. The number of nitrogens with one attached hydrogen (secondary N) is 1. The van der Waals surface area contributed by atoms with Gasteiger partial charge in [-0.3, -0.25) is 0 Å². The van der Waals surface area contributed by atoms with Gasteiger partial charge < -0.3 is 10.4 Å². The second kappa shape index (κ2) is 4.34. The fourth-order valence-corrected chi connectivity index (χ4v) is 1.29. The van der Waals surface area contributed by atoms with Gasteiger partial charge in [0.1, 0.15) is 5.82 Å². The lowest BCUT2D eigenvalue weighted by Gasteiger charge is -2.24. The number of hydrogen-bond donors (Lipinski definition) is 2. The van der Waals surface area contributed by atoms with Crippen molar-refractivity contribution in [1.82, 2.24) is 4.98 Å². The van der Waals surface area contributed by atoms with Gasteiger partial charge in [-0.2, -0.15) is 0 Å². The first-order valence-electron chi connectivity index (χ1n) is 4.15. The highest BCUT2D eigenvalue weighted by Crippen LogP contribution is 2.24. The van der Waals surface area contributed by atoms with E-state index >= 15 is 0 Å². The highest BCUT2D eigenvalue weighted by molar-refractivity contribution is 6.35. The van der Waals surface area contributed by atoms with Crippen molar-refractivity contribution < 1.29 is 5.11 Å². The van der Waals surface area contributed by atoms with Gasteiger partial charge >= 0.3 is 0 Å². The average Bonchev–Trinajstić information content (AvgIpc) is 2.10. The number of hydrogen-bond acceptors (Lipinski definition) is 3. The smallest absolute Gasteiger partial charge is 0.145 e. The predicted molar refractivity (Wildman–Crippen MR) is 59.0 cm³/mol. The Morgan fingerprint density at radius 3 is 2.64 bits per heavy atom. The van der Waals surface area contributed by atoms with Crippen molar-refractivity contribution in [2.75, 3.05) is 11.9 Å². The van der Waals surface area contributed by atoms with E-state index in [2.05, 4.69) is 10.3 Å². The molecule has 1 rings (SSSR count). The quantitative estimate of drug-likeness (QED) is 0.846. The van der Waals surface area contributed by atoms with E-state index in [1.807, 2.05) is 13.8 Å². The molecular formula is C9H12Cl2N2O. The Morgan fingerprint density at radius 2 is 2.14 bits per heavy atom. The molecule has 0 amide bonds. The number of aliphatic hydroxyl groups is 1. The van der Waals surface area contributed by atoms with Gasteiger partial charge in [0.05, 0.1) is 22.2 Å². The molecular weight excluding hydrogens is 223 g/mol. The minimum atomic E-state index is -0.454. The standard InChI is InChI=1S/C9H12Cl2N2O/c1-9(2,5-14)13-8-7(11)3-6(10)4-12-8/h3-4,14H,5H2,1-2H3,(H,12,13). The van der Waals surface area contributed by atoms with Crippen LogP contribution >= 0.6 is 23.2 Å². The lowest BCUT2D eigenvalue weighted by molar-refractivity contribution is 0.234. The first kappa shape index (κ1) is 11.6. The maximum absolute atomic E-state index is 9.04. The van der Waals surface area contributed by atoms with Crippen LogP contribution in [0.4, 0.5) is 5.82 Å². The van der Waals surface area contributed by atoms with Crippen molar-refractivity contribution in [3.8, 4) is 0 Å². The normalized spacial score (nSPS) is 11.5. The summed E-state index contributed by atoms with van der Waals surface area (Å²) in [6.45, 7) is 3.69. The molecule has 1 aromatic heterocycles. The SMILES string of the molecule is CC(C)(CO)Nc1ncc(Cl)cc1Cl. The summed E-state index contributed by atoms with van der Waals surface area (Å²) in [6, 6.07) is 1.60. The summed E-state index contributed by atoms with van der Waals surface area (Å²) in [7, 11) is 0. The van der Waals surface area contributed by atoms with Crippen molar-refractivity contribution in [1.29, 1.82) is 0 Å². The Labute approximate surface area is 93.1 Å². The number of nitrogens with zero attached hydrogens (tertiary/aromatic N) is 1. The molecule has 0 fully saturated rings. The molecule has 0 unspecified atom stereocenters. The third-order valence-electron chi connectivity index (χ3n) is 1.66.